The van der Waals surface area contributed by atoms with Crippen molar-refractivity contribution < 1.29 is 18.9 Å². The molecule has 0 N–H and O–H groups in total. The summed E-state index contributed by atoms with van der Waals surface area (Å²) in [5.74, 6) is 3.65. The van der Waals surface area contributed by atoms with Crippen LogP contribution in [-0.2, 0) is 6.42 Å². The molecule has 3 aromatic rings. The van der Waals surface area contributed by atoms with Crippen LogP contribution in [0, 0.1) is 5.92 Å². The minimum atomic E-state index is 0.0314. The third-order valence-corrected chi connectivity index (χ3v) is 6.21. The first-order valence-corrected chi connectivity index (χ1v) is 9.87. The number of rotatable bonds is 4. The van der Waals surface area contributed by atoms with Crippen LogP contribution in [0.4, 0.5) is 0 Å². The van der Waals surface area contributed by atoms with Crippen molar-refractivity contribution in [3.05, 3.63) is 82.9 Å². The molecule has 2 aliphatic rings. The standard InChI is InChI=1S/C25H24O4/c1-26-17-10-8-15(9-11-17)24-19-13-22(27-2)23(28-3)14-21(19)29-25-18-7-5-4-6-16(18)12-20(24)25/h4-11,13-14,20,24-25H,12H2,1-3H3/t20-,24-,25-/m0/s1. The average molecular weight is 388 g/mol. The molecule has 0 spiro atoms. The smallest absolute Gasteiger partial charge is 0.164 e. The van der Waals surface area contributed by atoms with Gasteiger partial charge in [0.15, 0.2) is 11.5 Å². The number of hydrogen-bond acceptors (Lipinski definition) is 4. The van der Waals surface area contributed by atoms with E-state index in [0.29, 0.717) is 11.7 Å². The van der Waals surface area contributed by atoms with E-state index < -0.39 is 0 Å². The number of ether oxygens (including phenoxy) is 4. The van der Waals surface area contributed by atoms with E-state index in [0.717, 1.165) is 29.2 Å². The lowest BCUT2D eigenvalue weighted by Gasteiger charge is -2.37. The van der Waals surface area contributed by atoms with E-state index in [4.69, 9.17) is 18.9 Å². The van der Waals surface area contributed by atoms with Gasteiger partial charge in [0, 0.05) is 23.5 Å². The highest BCUT2D eigenvalue weighted by Crippen LogP contribution is 2.56. The maximum atomic E-state index is 6.56. The molecule has 4 nitrogen and oxygen atoms in total. The highest BCUT2D eigenvalue weighted by atomic mass is 16.5. The van der Waals surface area contributed by atoms with Gasteiger partial charge < -0.3 is 18.9 Å². The van der Waals surface area contributed by atoms with Gasteiger partial charge in [-0.05, 0) is 41.3 Å². The van der Waals surface area contributed by atoms with Gasteiger partial charge in [-0.15, -0.1) is 0 Å². The van der Waals surface area contributed by atoms with E-state index in [1.54, 1.807) is 21.3 Å². The van der Waals surface area contributed by atoms with Crippen molar-refractivity contribution in [3.63, 3.8) is 0 Å². The zero-order valence-electron chi connectivity index (χ0n) is 16.8. The lowest BCUT2D eigenvalue weighted by atomic mass is 9.76. The predicted molar refractivity (Wildman–Crippen MR) is 111 cm³/mol. The maximum Gasteiger partial charge on any atom is 0.164 e. The fraction of sp³-hybridized carbons (Fsp3) is 0.280. The topological polar surface area (TPSA) is 36.9 Å². The molecule has 1 aliphatic heterocycles. The van der Waals surface area contributed by atoms with Crippen LogP contribution in [-0.4, -0.2) is 21.3 Å². The minimum absolute atomic E-state index is 0.0314. The second kappa shape index (κ2) is 7.03. The van der Waals surface area contributed by atoms with Crippen LogP contribution in [0.5, 0.6) is 23.0 Å². The Hall–Kier alpha value is -3.14. The normalized spacial score (nSPS) is 21.4. The van der Waals surface area contributed by atoms with Crippen molar-refractivity contribution in [2.75, 3.05) is 21.3 Å². The van der Waals surface area contributed by atoms with E-state index in [2.05, 4.69) is 42.5 Å². The van der Waals surface area contributed by atoms with E-state index in [1.807, 2.05) is 18.2 Å². The summed E-state index contributed by atoms with van der Waals surface area (Å²) >= 11 is 0. The van der Waals surface area contributed by atoms with E-state index in [9.17, 15) is 0 Å². The van der Waals surface area contributed by atoms with Crippen LogP contribution in [0.2, 0.25) is 0 Å². The molecule has 1 heterocycles. The largest absolute Gasteiger partial charge is 0.497 e. The molecule has 0 bridgehead atoms. The highest BCUT2D eigenvalue weighted by molar-refractivity contribution is 5.57. The van der Waals surface area contributed by atoms with Gasteiger partial charge in [-0.25, -0.2) is 0 Å². The fourth-order valence-electron chi connectivity index (χ4n) is 4.86. The van der Waals surface area contributed by atoms with Gasteiger partial charge >= 0.3 is 0 Å². The van der Waals surface area contributed by atoms with E-state index in [1.165, 1.54) is 16.7 Å². The monoisotopic (exact) mass is 388 g/mol. The van der Waals surface area contributed by atoms with Gasteiger partial charge in [-0.3, -0.25) is 0 Å². The predicted octanol–water partition coefficient (Wildman–Crippen LogP) is 5.15. The lowest BCUT2D eigenvalue weighted by molar-refractivity contribution is 0.115. The van der Waals surface area contributed by atoms with Crippen LogP contribution in [0.3, 0.4) is 0 Å². The SMILES string of the molecule is COc1ccc([C@H]2c3cc(OC)c(OC)cc3O[C@H]3c4ccccc4C[C@@H]23)cc1. The van der Waals surface area contributed by atoms with Crippen molar-refractivity contribution in [2.45, 2.75) is 18.4 Å². The number of benzene rings is 3. The molecule has 0 unspecified atom stereocenters. The Kier molecular flexibility index (Phi) is 4.35. The lowest BCUT2D eigenvalue weighted by Crippen LogP contribution is -2.28. The number of hydrogen-bond donors (Lipinski definition) is 0. The summed E-state index contributed by atoms with van der Waals surface area (Å²) in [7, 11) is 5.02. The molecule has 3 aromatic carbocycles. The summed E-state index contributed by atoms with van der Waals surface area (Å²) < 4.78 is 23.1. The Morgan fingerprint density at radius 2 is 1.52 bits per heavy atom. The second-order valence-corrected chi connectivity index (χ2v) is 7.60. The molecule has 0 fully saturated rings. The minimum Gasteiger partial charge on any atom is -0.497 e. The molecule has 1 aliphatic carbocycles. The second-order valence-electron chi connectivity index (χ2n) is 7.60. The Labute approximate surface area is 171 Å². The molecule has 0 amide bonds. The molecule has 0 radical (unpaired) electrons. The zero-order valence-corrected chi connectivity index (χ0v) is 16.8. The van der Waals surface area contributed by atoms with Gasteiger partial charge in [-0.1, -0.05) is 36.4 Å². The Morgan fingerprint density at radius 1 is 0.793 bits per heavy atom. The molecule has 0 aromatic heterocycles. The molecule has 4 heteroatoms. The summed E-state index contributed by atoms with van der Waals surface area (Å²) in [6.45, 7) is 0. The molecule has 0 saturated heterocycles. The number of methoxy groups -OCH3 is 3. The number of fused-ring (bicyclic) bond motifs is 4. The summed E-state index contributed by atoms with van der Waals surface area (Å²) in [6, 6.07) is 21.0. The summed E-state index contributed by atoms with van der Waals surface area (Å²) in [5, 5.41) is 0. The fourth-order valence-corrected chi connectivity index (χ4v) is 4.86. The third-order valence-electron chi connectivity index (χ3n) is 6.21. The molecule has 3 atom stereocenters. The quantitative estimate of drug-likeness (QED) is 0.619. The van der Waals surface area contributed by atoms with Gasteiger partial charge in [0.1, 0.15) is 17.6 Å². The van der Waals surface area contributed by atoms with Crippen LogP contribution >= 0.6 is 0 Å². The third kappa shape index (κ3) is 2.82. The Bertz CT molecular complexity index is 1040. The van der Waals surface area contributed by atoms with Gasteiger partial charge in [0.25, 0.3) is 0 Å². The van der Waals surface area contributed by atoms with Crippen molar-refractivity contribution >= 4 is 0 Å². The van der Waals surface area contributed by atoms with E-state index >= 15 is 0 Å². The Morgan fingerprint density at radius 3 is 2.24 bits per heavy atom. The van der Waals surface area contributed by atoms with Crippen LogP contribution in [0.25, 0.3) is 0 Å². The van der Waals surface area contributed by atoms with Crippen molar-refractivity contribution in [1.29, 1.82) is 0 Å². The molecule has 0 saturated carbocycles. The van der Waals surface area contributed by atoms with Gasteiger partial charge in [-0.2, -0.15) is 0 Å². The Balaban J connectivity index is 1.68. The first kappa shape index (κ1) is 17.9. The van der Waals surface area contributed by atoms with Gasteiger partial charge in [0.2, 0.25) is 0 Å². The van der Waals surface area contributed by atoms with Crippen LogP contribution < -0.4 is 18.9 Å². The van der Waals surface area contributed by atoms with Gasteiger partial charge in [0.05, 0.1) is 21.3 Å². The van der Waals surface area contributed by atoms with Crippen LogP contribution in [0.15, 0.2) is 60.7 Å². The van der Waals surface area contributed by atoms with Crippen molar-refractivity contribution in [1.82, 2.24) is 0 Å². The van der Waals surface area contributed by atoms with Crippen molar-refractivity contribution in [2.24, 2.45) is 5.92 Å². The molecule has 148 valence electrons. The highest BCUT2D eigenvalue weighted by Gasteiger charge is 2.45. The van der Waals surface area contributed by atoms with Crippen LogP contribution in [0.1, 0.15) is 34.3 Å². The molecule has 5 rings (SSSR count). The summed E-state index contributed by atoms with van der Waals surface area (Å²) in [4.78, 5) is 0. The van der Waals surface area contributed by atoms with E-state index in [-0.39, 0.29) is 12.0 Å². The average Bonchev–Trinajstić information content (AvgIpc) is 3.14. The molecular formula is C25H24O4. The maximum absolute atomic E-state index is 6.56. The first-order chi connectivity index (χ1) is 14.2. The molecular weight excluding hydrogens is 364 g/mol. The summed E-state index contributed by atoms with van der Waals surface area (Å²) in [6.07, 6.45) is 1.02. The summed E-state index contributed by atoms with van der Waals surface area (Å²) in [5.41, 5.74) is 5.05. The zero-order chi connectivity index (χ0) is 20.0. The molecule has 29 heavy (non-hydrogen) atoms. The van der Waals surface area contributed by atoms with Crippen molar-refractivity contribution in [3.8, 4) is 23.0 Å². The first-order valence-electron chi connectivity index (χ1n) is 9.87.